The van der Waals surface area contributed by atoms with Crippen molar-refractivity contribution in [3.8, 4) is 11.5 Å². The minimum atomic E-state index is -3.71. The average molecular weight is 425 g/mol. The second-order valence-corrected chi connectivity index (χ2v) is 7.80. The number of phenols is 1. The third kappa shape index (κ3) is 5.15. The quantitative estimate of drug-likeness (QED) is 0.397. The summed E-state index contributed by atoms with van der Waals surface area (Å²) in [6.45, 7) is 0. The number of sulfonamides is 1. The van der Waals surface area contributed by atoms with E-state index in [0.717, 1.165) is 0 Å². The molecule has 0 aliphatic heterocycles. The highest BCUT2D eigenvalue weighted by atomic mass is 32.2. The zero-order valence-corrected chi connectivity index (χ0v) is 16.8. The molecule has 3 N–H and O–H groups in total. The van der Waals surface area contributed by atoms with Crippen molar-refractivity contribution in [1.82, 2.24) is 5.43 Å². The predicted octanol–water partition coefficient (Wildman–Crippen LogP) is 2.97. The first kappa shape index (κ1) is 20.9. The van der Waals surface area contributed by atoms with Gasteiger partial charge in [-0.1, -0.05) is 18.2 Å². The molecule has 3 rings (SSSR count). The summed E-state index contributed by atoms with van der Waals surface area (Å²) in [6, 6.07) is 18.5. The van der Waals surface area contributed by atoms with Gasteiger partial charge in [-0.05, 0) is 54.6 Å². The van der Waals surface area contributed by atoms with Gasteiger partial charge in [0.2, 0.25) is 0 Å². The molecule has 0 atom stereocenters. The van der Waals surface area contributed by atoms with Crippen LogP contribution in [0, 0.1) is 0 Å². The lowest BCUT2D eigenvalue weighted by molar-refractivity contribution is 0.0955. The van der Waals surface area contributed by atoms with Crippen molar-refractivity contribution in [2.75, 3.05) is 11.8 Å². The Morgan fingerprint density at radius 1 is 1.03 bits per heavy atom. The lowest BCUT2D eigenvalue weighted by Gasteiger charge is -2.08. The Kier molecular flexibility index (Phi) is 6.33. The Morgan fingerprint density at radius 2 is 1.73 bits per heavy atom. The summed E-state index contributed by atoms with van der Waals surface area (Å²) < 4.78 is 32.2. The first-order valence-corrected chi connectivity index (χ1v) is 10.3. The van der Waals surface area contributed by atoms with Crippen molar-refractivity contribution in [3.63, 3.8) is 0 Å². The largest absolute Gasteiger partial charge is 0.507 e. The maximum absolute atomic E-state index is 12.3. The fourth-order valence-corrected chi connectivity index (χ4v) is 3.57. The molecule has 0 radical (unpaired) electrons. The van der Waals surface area contributed by atoms with E-state index in [0.29, 0.717) is 17.0 Å². The highest BCUT2D eigenvalue weighted by Gasteiger charge is 2.13. The summed E-state index contributed by atoms with van der Waals surface area (Å²) in [6.07, 6.45) is 1.29. The van der Waals surface area contributed by atoms with E-state index >= 15 is 0 Å². The average Bonchev–Trinajstić information content (AvgIpc) is 2.76. The standard InChI is InChI=1S/C21H19N3O5S/c1-29-18-11-12-20(25)16(13-18)14-22-23-21(26)15-7-9-17(10-8-15)24-30(27,28)19-5-3-2-4-6-19/h2-14,24-25H,1H3,(H,23,26). The molecule has 0 saturated heterocycles. The Morgan fingerprint density at radius 3 is 2.40 bits per heavy atom. The zero-order valence-electron chi connectivity index (χ0n) is 15.9. The number of hydrazone groups is 1. The van der Waals surface area contributed by atoms with Gasteiger partial charge in [0, 0.05) is 16.8 Å². The number of benzene rings is 3. The Hall–Kier alpha value is -3.85. The van der Waals surface area contributed by atoms with Crippen molar-refractivity contribution < 1.29 is 23.1 Å². The van der Waals surface area contributed by atoms with Crippen molar-refractivity contribution >= 4 is 27.8 Å². The van der Waals surface area contributed by atoms with Gasteiger partial charge in [0.05, 0.1) is 18.2 Å². The van der Waals surface area contributed by atoms with Crippen LogP contribution >= 0.6 is 0 Å². The van der Waals surface area contributed by atoms with Gasteiger partial charge >= 0.3 is 0 Å². The highest BCUT2D eigenvalue weighted by molar-refractivity contribution is 7.92. The van der Waals surface area contributed by atoms with Gasteiger partial charge in [0.15, 0.2) is 0 Å². The number of aromatic hydroxyl groups is 1. The normalized spacial score (nSPS) is 11.2. The van der Waals surface area contributed by atoms with E-state index in [1.807, 2.05) is 0 Å². The summed E-state index contributed by atoms with van der Waals surface area (Å²) in [5.74, 6) is 0.0316. The van der Waals surface area contributed by atoms with E-state index in [2.05, 4.69) is 15.2 Å². The number of carbonyl (C=O) groups excluding carboxylic acids is 1. The van der Waals surface area contributed by atoms with Gasteiger partial charge < -0.3 is 9.84 Å². The number of amides is 1. The number of phenolic OH excluding ortho intramolecular Hbond substituents is 1. The van der Waals surface area contributed by atoms with Crippen LogP contribution in [-0.4, -0.2) is 32.8 Å². The second-order valence-electron chi connectivity index (χ2n) is 6.12. The zero-order chi connectivity index (χ0) is 21.6. The molecule has 0 aliphatic carbocycles. The van der Waals surface area contributed by atoms with E-state index in [4.69, 9.17) is 4.74 Å². The first-order valence-electron chi connectivity index (χ1n) is 8.77. The van der Waals surface area contributed by atoms with Crippen LogP contribution in [0.25, 0.3) is 0 Å². The second kappa shape index (κ2) is 9.10. The number of hydrogen-bond donors (Lipinski definition) is 3. The smallest absolute Gasteiger partial charge is 0.271 e. The maximum Gasteiger partial charge on any atom is 0.271 e. The van der Waals surface area contributed by atoms with Crippen LogP contribution in [0.15, 0.2) is 82.8 Å². The minimum absolute atomic E-state index is 0.0103. The molecule has 0 saturated carbocycles. The monoisotopic (exact) mass is 425 g/mol. The summed E-state index contributed by atoms with van der Waals surface area (Å²) >= 11 is 0. The molecule has 0 aromatic heterocycles. The molecule has 0 heterocycles. The van der Waals surface area contributed by atoms with E-state index in [9.17, 15) is 18.3 Å². The third-order valence-electron chi connectivity index (χ3n) is 4.06. The predicted molar refractivity (Wildman–Crippen MR) is 113 cm³/mol. The number of carbonyl (C=O) groups is 1. The molecular formula is C21H19N3O5S. The Labute approximate surface area is 173 Å². The van der Waals surface area contributed by atoms with Gasteiger partial charge in [-0.3, -0.25) is 9.52 Å². The summed E-state index contributed by atoms with van der Waals surface area (Å²) in [7, 11) is -2.21. The van der Waals surface area contributed by atoms with Crippen LogP contribution < -0.4 is 14.9 Å². The summed E-state index contributed by atoms with van der Waals surface area (Å²) in [5, 5.41) is 13.6. The van der Waals surface area contributed by atoms with Crippen LogP contribution in [0.5, 0.6) is 11.5 Å². The third-order valence-corrected chi connectivity index (χ3v) is 5.45. The molecule has 154 valence electrons. The molecule has 0 unspecified atom stereocenters. The summed E-state index contributed by atoms with van der Waals surface area (Å²) in [4.78, 5) is 12.4. The molecule has 30 heavy (non-hydrogen) atoms. The molecule has 0 aliphatic rings. The van der Waals surface area contributed by atoms with Crippen LogP contribution in [0.3, 0.4) is 0 Å². The van der Waals surface area contributed by atoms with Crippen molar-refractivity contribution in [1.29, 1.82) is 0 Å². The van der Waals surface area contributed by atoms with Gasteiger partial charge in [-0.25, -0.2) is 13.8 Å². The molecule has 8 nitrogen and oxygen atoms in total. The number of anilines is 1. The SMILES string of the molecule is COc1ccc(O)c(C=NNC(=O)c2ccc(NS(=O)(=O)c3ccccc3)cc2)c1. The van der Waals surface area contributed by atoms with Crippen LogP contribution in [0.4, 0.5) is 5.69 Å². The number of rotatable bonds is 7. The van der Waals surface area contributed by atoms with E-state index in [1.54, 1.807) is 30.3 Å². The van der Waals surface area contributed by atoms with Crippen LogP contribution in [-0.2, 0) is 10.0 Å². The van der Waals surface area contributed by atoms with E-state index in [1.165, 1.54) is 55.8 Å². The molecule has 0 fully saturated rings. The van der Waals surface area contributed by atoms with Gasteiger partial charge in [0.25, 0.3) is 15.9 Å². The van der Waals surface area contributed by atoms with Crippen molar-refractivity contribution in [2.45, 2.75) is 4.90 Å². The number of ether oxygens (including phenoxy) is 1. The summed E-state index contributed by atoms with van der Waals surface area (Å²) in [5.41, 5.74) is 3.32. The first-order chi connectivity index (χ1) is 14.4. The number of nitrogens with one attached hydrogen (secondary N) is 2. The number of nitrogens with zero attached hydrogens (tertiary/aromatic N) is 1. The maximum atomic E-state index is 12.3. The molecule has 0 spiro atoms. The lowest BCUT2D eigenvalue weighted by Crippen LogP contribution is -2.18. The molecule has 3 aromatic rings. The van der Waals surface area contributed by atoms with Gasteiger partial charge in [-0.2, -0.15) is 5.10 Å². The van der Waals surface area contributed by atoms with Crippen LogP contribution in [0.1, 0.15) is 15.9 Å². The Bertz CT molecular complexity index is 1160. The van der Waals surface area contributed by atoms with Crippen LogP contribution in [0.2, 0.25) is 0 Å². The minimum Gasteiger partial charge on any atom is -0.507 e. The molecular weight excluding hydrogens is 406 g/mol. The number of hydrogen-bond acceptors (Lipinski definition) is 6. The molecule has 0 bridgehead atoms. The molecule has 3 aromatic carbocycles. The molecule has 1 amide bonds. The van der Waals surface area contributed by atoms with Gasteiger partial charge in [-0.15, -0.1) is 0 Å². The highest BCUT2D eigenvalue weighted by Crippen LogP contribution is 2.21. The van der Waals surface area contributed by atoms with Crippen molar-refractivity contribution in [2.24, 2.45) is 5.10 Å². The van der Waals surface area contributed by atoms with E-state index in [-0.39, 0.29) is 16.2 Å². The lowest BCUT2D eigenvalue weighted by atomic mass is 10.2. The molecule has 9 heteroatoms. The topological polar surface area (TPSA) is 117 Å². The fourth-order valence-electron chi connectivity index (χ4n) is 2.49. The number of methoxy groups -OCH3 is 1. The Balaban J connectivity index is 1.64. The fraction of sp³-hybridized carbons (Fsp3) is 0.0476. The van der Waals surface area contributed by atoms with Crippen molar-refractivity contribution in [3.05, 3.63) is 83.9 Å². The van der Waals surface area contributed by atoms with Gasteiger partial charge in [0.1, 0.15) is 11.5 Å². The van der Waals surface area contributed by atoms with E-state index < -0.39 is 15.9 Å².